The maximum Gasteiger partial charge on any atom is 0.416 e. The van der Waals surface area contributed by atoms with Crippen molar-refractivity contribution in [3.8, 4) is 0 Å². The van der Waals surface area contributed by atoms with Gasteiger partial charge < -0.3 is 20.6 Å². The van der Waals surface area contributed by atoms with E-state index in [2.05, 4.69) is 25.6 Å². The first-order valence-corrected chi connectivity index (χ1v) is 10.5. The van der Waals surface area contributed by atoms with Gasteiger partial charge in [0.1, 0.15) is 0 Å². The molecular weight excluding hydrogens is 478 g/mol. The van der Waals surface area contributed by atoms with Crippen LogP contribution < -0.4 is 15.5 Å². The van der Waals surface area contributed by atoms with Crippen molar-refractivity contribution in [1.82, 2.24) is 15.0 Å². The summed E-state index contributed by atoms with van der Waals surface area (Å²) in [5, 5.41) is 15.4. The van der Waals surface area contributed by atoms with Crippen LogP contribution >= 0.6 is 0 Å². The number of hydrogen-bond acceptors (Lipinski definition) is 7. The molecule has 0 radical (unpaired) electrons. The number of aromatic nitrogens is 3. The first kappa shape index (κ1) is 24.5. The highest BCUT2D eigenvalue weighted by Crippen LogP contribution is 2.33. The van der Waals surface area contributed by atoms with Crippen LogP contribution in [0.2, 0.25) is 0 Å². The SMILES string of the molecule is O[C@@H]1CCCN(c2nc(Nc3cccc(C(F)(F)F)c3)nc(Nc3cccc(C(F)(F)F)c3)n2)C1. The number of nitrogens with one attached hydrogen (secondary N) is 2. The van der Waals surface area contributed by atoms with Crippen molar-refractivity contribution < 1.29 is 31.4 Å². The lowest BCUT2D eigenvalue weighted by molar-refractivity contribution is -0.138. The summed E-state index contributed by atoms with van der Waals surface area (Å²) in [6.45, 7) is 0.725. The van der Waals surface area contributed by atoms with Crippen molar-refractivity contribution >= 4 is 29.2 Å². The molecule has 13 heteroatoms. The van der Waals surface area contributed by atoms with E-state index in [4.69, 9.17) is 0 Å². The van der Waals surface area contributed by atoms with Gasteiger partial charge in [-0.1, -0.05) is 12.1 Å². The van der Waals surface area contributed by atoms with E-state index in [1.165, 1.54) is 24.3 Å². The van der Waals surface area contributed by atoms with Gasteiger partial charge in [-0.05, 0) is 49.2 Å². The lowest BCUT2D eigenvalue weighted by Gasteiger charge is -2.30. The number of piperidine rings is 1. The van der Waals surface area contributed by atoms with E-state index in [1.807, 2.05) is 0 Å². The van der Waals surface area contributed by atoms with Crippen LogP contribution in [0, 0.1) is 0 Å². The largest absolute Gasteiger partial charge is 0.416 e. The fraction of sp³-hybridized carbons (Fsp3) is 0.318. The fourth-order valence-corrected chi connectivity index (χ4v) is 3.56. The van der Waals surface area contributed by atoms with Crippen LogP contribution in [0.4, 0.5) is 55.6 Å². The Morgan fingerprint density at radius 3 is 1.77 bits per heavy atom. The minimum Gasteiger partial charge on any atom is -0.391 e. The Labute approximate surface area is 195 Å². The Hall–Kier alpha value is -3.61. The molecule has 0 amide bonds. The second-order valence-electron chi connectivity index (χ2n) is 7.93. The molecule has 3 aromatic rings. The Morgan fingerprint density at radius 1 is 0.800 bits per heavy atom. The molecule has 0 saturated carbocycles. The van der Waals surface area contributed by atoms with Gasteiger partial charge in [0.15, 0.2) is 0 Å². The molecule has 0 aliphatic carbocycles. The minimum atomic E-state index is -4.55. The minimum absolute atomic E-state index is 0.0562. The zero-order valence-corrected chi connectivity index (χ0v) is 18.0. The highest BCUT2D eigenvalue weighted by molar-refractivity contribution is 5.60. The second-order valence-corrected chi connectivity index (χ2v) is 7.93. The van der Waals surface area contributed by atoms with Crippen molar-refractivity contribution in [2.24, 2.45) is 0 Å². The lowest BCUT2D eigenvalue weighted by atomic mass is 10.1. The number of benzene rings is 2. The van der Waals surface area contributed by atoms with Crippen LogP contribution in [0.25, 0.3) is 0 Å². The Bertz CT molecular complexity index is 1110. The van der Waals surface area contributed by atoms with E-state index in [0.717, 1.165) is 24.3 Å². The maximum atomic E-state index is 13.1. The molecule has 0 spiro atoms. The van der Waals surface area contributed by atoms with E-state index in [-0.39, 0.29) is 35.8 Å². The molecule has 0 bridgehead atoms. The summed E-state index contributed by atoms with van der Waals surface area (Å²) in [6.07, 6.45) is -8.49. The van der Waals surface area contributed by atoms with Crippen LogP contribution in [0.15, 0.2) is 48.5 Å². The number of halogens is 6. The molecule has 7 nitrogen and oxygen atoms in total. The summed E-state index contributed by atoms with van der Waals surface area (Å²) < 4.78 is 78.5. The number of nitrogens with zero attached hydrogens (tertiary/aromatic N) is 4. The normalized spacial score (nSPS) is 16.8. The number of hydrogen-bond donors (Lipinski definition) is 3. The fourth-order valence-electron chi connectivity index (χ4n) is 3.56. The number of aliphatic hydroxyl groups is 1. The summed E-state index contributed by atoms with van der Waals surface area (Å²) in [5.41, 5.74) is -1.64. The topological polar surface area (TPSA) is 86.2 Å². The quantitative estimate of drug-likeness (QED) is 0.409. The molecule has 1 fully saturated rings. The summed E-state index contributed by atoms with van der Waals surface area (Å²) in [4.78, 5) is 14.3. The van der Waals surface area contributed by atoms with E-state index in [0.29, 0.717) is 19.4 Å². The Morgan fingerprint density at radius 2 is 1.31 bits per heavy atom. The summed E-state index contributed by atoms with van der Waals surface area (Å²) >= 11 is 0. The highest BCUT2D eigenvalue weighted by atomic mass is 19.4. The number of aliphatic hydroxyl groups excluding tert-OH is 1. The van der Waals surface area contributed by atoms with Crippen molar-refractivity contribution in [2.75, 3.05) is 28.6 Å². The Balaban J connectivity index is 1.67. The number of rotatable bonds is 5. The smallest absolute Gasteiger partial charge is 0.391 e. The molecule has 1 aliphatic heterocycles. The first-order chi connectivity index (χ1) is 16.5. The molecule has 1 saturated heterocycles. The van der Waals surface area contributed by atoms with E-state index >= 15 is 0 Å². The molecule has 1 aromatic heterocycles. The van der Waals surface area contributed by atoms with E-state index in [1.54, 1.807) is 4.90 Å². The molecular formula is C22H20F6N6O. The number of alkyl halides is 6. The van der Waals surface area contributed by atoms with E-state index < -0.39 is 29.6 Å². The summed E-state index contributed by atoms with van der Waals surface area (Å²) in [5.74, 6) is -0.129. The van der Waals surface area contributed by atoms with Crippen molar-refractivity contribution in [3.63, 3.8) is 0 Å². The lowest BCUT2D eigenvalue weighted by Crippen LogP contribution is -2.39. The molecule has 4 rings (SSSR count). The molecule has 1 atom stereocenters. The number of β-amino-alcohol motifs (C(OH)–C–C–N with tert-alkyl or cyclic N) is 1. The highest BCUT2D eigenvalue weighted by Gasteiger charge is 2.31. The molecule has 1 aliphatic rings. The van der Waals surface area contributed by atoms with Gasteiger partial charge in [0.25, 0.3) is 0 Å². The van der Waals surface area contributed by atoms with Gasteiger partial charge in [0.2, 0.25) is 17.8 Å². The van der Waals surface area contributed by atoms with Gasteiger partial charge in [-0.3, -0.25) is 0 Å². The molecule has 0 unspecified atom stereocenters. The standard InChI is InChI=1S/C22H20F6N6O/c23-21(24,25)13-4-1-6-15(10-13)29-18-31-19(30-16-7-2-5-14(11-16)22(26,27)28)33-20(32-18)34-9-3-8-17(35)12-34/h1-2,4-7,10-11,17,35H,3,8-9,12H2,(H2,29,30,31,32,33)/t17-/m1/s1. The van der Waals surface area contributed by atoms with Crippen molar-refractivity contribution in [2.45, 2.75) is 31.3 Å². The third-order valence-corrected chi connectivity index (χ3v) is 5.20. The van der Waals surface area contributed by atoms with Crippen LogP contribution in [0.1, 0.15) is 24.0 Å². The number of anilines is 5. The Kier molecular flexibility index (Phi) is 6.70. The third kappa shape index (κ3) is 6.29. The molecule has 2 heterocycles. The first-order valence-electron chi connectivity index (χ1n) is 10.5. The molecule has 35 heavy (non-hydrogen) atoms. The maximum absolute atomic E-state index is 13.1. The predicted octanol–water partition coefficient (Wildman–Crippen LogP) is 5.36. The second kappa shape index (κ2) is 9.56. The summed E-state index contributed by atoms with van der Waals surface area (Å²) in [7, 11) is 0. The van der Waals surface area contributed by atoms with Crippen molar-refractivity contribution in [3.05, 3.63) is 59.7 Å². The van der Waals surface area contributed by atoms with Gasteiger partial charge >= 0.3 is 12.4 Å². The monoisotopic (exact) mass is 498 g/mol. The van der Waals surface area contributed by atoms with Crippen LogP contribution in [0.5, 0.6) is 0 Å². The van der Waals surface area contributed by atoms with Crippen LogP contribution in [0.3, 0.4) is 0 Å². The molecule has 186 valence electrons. The van der Waals surface area contributed by atoms with Gasteiger partial charge in [0, 0.05) is 24.5 Å². The zero-order valence-electron chi connectivity index (χ0n) is 18.0. The molecule has 3 N–H and O–H groups in total. The van der Waals surface area contributed by atoms with Gasteiger partial charge in [-0.25, -0.2) is 0 Å². The van der Waals surface area contributed by atoms with Crippen LogP contribution in [-0.4, -0.2) is 39.3 Å². The average Bonchev–Trinajstić information content (AvgIpc) is 2.78. The van der Waals surface area contributed by atoms with E-state index in [9.17, 15) is 31.4 Å². The molecule has 2 aromatic carbocycles. The third-order valence-electron chi connectivity index (χ3n) is 5.20. The predicted molar refractivity (Wildman–Crippen MR) is 117 cm³/mol. The average molecular weight is 498 g/mol. The van der Waals surface area contributed by atoms with Gasteiger partial charge in [0.05, 0.1) is 17.2 Å². The van der Waals surface area contributed by atoms with Crippen molar-refractivity contribution in [1.29, 1.82) is 0 Å². The van der Waals surface area contributed by atoms with Gasteiger partial charge in [-0.2, -0.15) is 41.3 Å². The zero-order chi connectivity index (χ0) is 25.2. The van der Waals surface area contributed by atoms with Gasteiger partial charge in [-0.15, -0.1) is 0 Å². The summed E-state index contributed by atoms with van der Waals surface area (Å²) in [6, 6.07) is 8.82. The van der Waals surface area contributed by atoms with Crippen LogP contribution in [-0.2, 0) is 12.4 Å².